The molecule has 3 aromatic carbocycles. The fourth-order valence-corrected chi connectivity index (χ4v) is 6.41. The number of carbonyl (C=O) groups is 2. The Morgan fingerprint density at radius 1 is 0.936 bits per heavy atom. The molecule has 2 amide bonds. The van der Waals surface area contributed by atoms with E-state index in [-0.39, 0.29) is 37.5 Å². The lowest BCUT2D eigenvalue weighted by molar-refractivity contribution is -0.162. The maximum Gasteiger partial charge on any atom is 0.407 e. The second kappa shape index (κ2) is 13.1. The minimum Gasteiger partial charge on any atom is -0.395 e. The number of nitrogens with one attached hydrogen (secondary N) is 3. The number of amides is 2. The van der Waals surface area contributed by atoms with Gasteiger partial charge in [0.15, 0.2) is 0 Å². The third kappa shape index (κ3) is 7.34. The summed E-state index contributed by atoms with van der Waals surface area (Å²) in [6.45, 7) is 2.48. The Morgan fingerprint density at radius 2 is 1.53 bits per heavy atom. The van der Waals surface area contributed by atoms with Gasteiger partial charge in [0.1, 0.15) is 23.3 Å². The summed E-state index contributed by atoms with van der Waals surface area (Å²) in [7, 11) is 0. The predicted octanol–water partition coefficient (Wildman–Crippen LogP) is 5.44. The minimum absolute atomic E-state index is 0.144. The number of nitrogens with zero attached hydrogens (tertiary/aromatic N) is 1. The molecule has 0 saturated heterocycles. The van der Waals surface area contributed by atoms with Crippen LogP contribution in [0.4, 0.5) is 17.6 Å². The van der Waals surface area contributed by atoms with Crippen molar-refractivity contribution in [1.82, 2.24) is 16.0 Å². The molecule has 2 saturated carbocycles. The Hall–Kier alpha value is -4.27. The lowest BCUT2D eigenvalue weighted by atomic mass is 9.92. The normalized spacial score (nSPS) is 21.2. The number of hydrogen-bond acceptors (Lipinski definition) is 5. The van der Waals surface area contributed by atoms with E-state index < -0.39 is 46.7 Å². The van der Waals surface area contributed by atoms with Gasteiger partial charge in [-0.25, -0.2) is 4.39 Å². The van der Waals surface area contributed by atoms with Gasteiger partial charge in [-0.05, 0) is 60.9 Å². The zero-order valence-corrected chi connectivity index (χ0v) is 26.2. The molecule has 248 valence electrons. The van der Waals surface area contributed by atoms with E-state index in [2.05, 4.69) is 16.0 Å². The number of halogens is 4. The van der Waals surface area contributed by atoms with Crippen LogP contribution in [-0.2, 0) is 21.4 Å². The molecule has 1 unspecified atom stereocenters. The van der Waals surface area contributed by atoms with Gasteiger partial charge in [-0.1, -0.05) is 78.9 Å². The van der Waals surface area contributed by atoms with Crippen LogP contribution in [0.15, 0.2) is 78.9 Å². The molecule has 2 aliphatic carbocycles. The monoisotopic (exact) mass is 650 g/mol. The number of alkyl halides is 4. The maximum atomic E-state index is 15.2. The maximum absolute atomic E-state index is 15.2. The van der Waals surface area contributed by atoms with Crippen LogP contribution in [0.5, 0.6) is 0 Å². The number of rotatable bonds is 13. The molecule has 3 aromatic rings. The summed E-state index contributed by atoms with van der Waals surface area (Å²) in [5.41, 5.74) is -1.64. The fourth-order valence-electron chi connectivity index (χ4n) is 6.41. The van der Waals surface area contributed by atoms with Gasteiger partial charge in [-0.2, -0.15) is 18.4 Å². The molecular weight excluding hydrogens is 612 g/mol. The third-order valence-electron chi connectivity index (χ3n) is 9.26. The first-order valence-corrected chi connectivity index (χ1v) is 15.6. The Balaban J connectivity index is 1.35. The van der Waals surface area contributed by atoms with E-state index in [9.17, 15) is 28.0 Å². The van der Waals surface area contributed by atoms with E-state index in [1.54, 1.807) is 42.5 Å². The third-order valence-corrected chi connectivity index (χ3v) is 9.26. The van der Waals surface area contributed by atoms with E-state index >= 15 is 4.39 Å². The van der Waals surface area contributed by atoms with Gasteiger partial charge in [0, 0.05) is 18.9 Å². The number of aliphatic hydroxyl groups is 1. The highest BCUT2D eigenvalue weighted by Crippen LogP contribution is 2.54. The second-order valence-corrected chi connectivity index (χ2v) is 13.0. The average Bonchev–Trinajstić information content (AvgIpc) is 3.97. The second-order valence-electron chi connectivity index (χ2n) is 13.0. The molecule has 11 heteroatoms. The molecule has 0 bridgehead atoms. The molecule has 0 aliphatic heterocycles. The number of aliphatic hydroxyl groups excluding tert-OH is 1. The van der Waals surface area contributed by atoms with Crippen molar-refractivity contribution >= 4 is 11.8 Å². The van der Waals surface area contributed by atoms with Crippen molar-refractivity contribution < 1.29 is 32.3 Å². The van der Waals surface area contributed by atoms with Crippen molar-refractivity contribution in [2.24, 2.45) is 5.92 Å². The summed E-state index contributed by atoms with van der Waals surface area (Å²) < 4.78 is 59.0. The summed E-state index contributed by atoms with van der Waals surface area (Å²) in [4.78, 5) is 26.2. The van der Waals surface area contributed by atoms with Crippen LogP contribution in [0.3, 0.4) is 0 Å². The van der Waals surface area contributed by atoms with Crippen molar-refractivity contribution in [3.8, 4) is 17.2 Å². The van der Waals surface area contributed by atoms with Crippen LogP contribution in [0.25, 0.3) is 11.1 Å². The highest BCUT2D eigenvalue weighted by molar-refractivity contribution is 5.92. The Labute approximate surface area is 271 Å². The Kier molecular flexibility index (Phi) is 9.49. The number of benzene rings is 3. The molecule has 2 fully saturated rings. The standard InChI is InChI=1S/C36H38F4N4O3/c1-33(2,37)29-21-35(29,32(47)43-28(22-41)20-23-6-4-3-5-7-23)44-30(36(38,39)40)26-10-8-24(9-11-26)25-12-14-27(15-13-25)34(16-17-34)31(46)42-18-19-45/h3-15,28-30,44-45H,16-21H2,1-2H3,(H,42,46)(H,43,47)/t28-,29-,30-,35?/m0/s1. The van der Waals surface area contributed by atoms with E-state index in [0.29, 0.717) is 18.4 Å². The zero-order chi connectivity index (χ0) is 34.0. The van der Waals surface area contributed by atoms with Gasteiger partial charge in [-0.15, -0.1) is 0 Å². The van der Waals surface area contributed by atoms with Crippen LogP contribution in [-0.4, -0.2) is 53.5 Å². The predicted molar refractivity (Wildman–Crippen MR) is 169 cm³/mol. The Morgan fingerprint density at radius 3 is 2.02 bits per heavy atom. The van der Waals surface area contributed by atoms with Gasteiger partial charge >= 0.3 is 6.18 Å². The smallest absolute Gasteiger partial charge is 0.395 e. The first-order valence-electron chi connectivity index (χ1n) is 15.6. The van der Waals surface area contributed by atoms with E-state index in [4.69, 9.17) is 5.11 Å². The number of carbonyl (C=O) groups excluding carboxylic acids is 2. The largest absolute Gasteiger partial charge is 0.407 e. The van der Waals surface area contributed by atoms with Crippen molar-refractivity contribution in [3.63, 3.8) is 0 Å². The van der Waals surface area contributed by atoms with Gasteiger partial charge in [-0.3, -0.25) is 14.9 Å². The van der Waals surface area contributed by atoms with E-state index in [1.165, 1.54) is 26.0 Å². The minimum atomic E-state index is -4.82. The number of hydrogen-bond donors (Lipinski definition) is 4. The first-order chi connectivity index (χ1) is 22.2. The van der Waals surface area contributed by atoms with Crippen LogP contribution in [0.2, 0.25) is 0 Å². The average molecular weight is 651 g/mol. The molecule has 0 heterocycles. The number of nitriles is 1. The van der Waals surface area contributed by atoms with Gasteiger partial charge in [0.05, 0.1) is 18.1 Å². The summed E-state index contributed by atoms with van der Waals surface area (Å²) in [6, 6.07) is 20.6. The molecule has 0 aromatic heterocycles. The highest BCUT2D eigenvalue weighted by Gasteiger charge is 2.68. The van der Waals surface area contributed by atoms with Gasteiger partial charge in [0.25, 0.3) is 0 Å². The quantitative estimate of drug-likeness (QED) is 0.184. The topological polar surface area (TPSA) is 114 Å². The lowest BCUT2D eigenvalue weighted by Crippen LogP contribution is -2.55. The van der Waals surface area contributed by atoms with Crippen molar-refractivity contribution in [2.45, 2.75) is 74.4 Å². The summed E-state index contributed by atoms with van der Waals surface area (Å²) in [5.74, 6) is -2.04. The SMILES string of the molecule is CC(C)(F)[C@@H]1CC1(N[C@@H](c1ccc(-c2ccc(C3(C(=O)NCCO)CC3)cc2)cc1)C(F)(F)F)C(=O)N[C@H](C#N)Cc1ccccc1. The van der Waals surface area contributed by atoms with Crippen LogP contribution in [0.1, 0.15) is 55.8 Å². The molecule has 4 atom stereocenters. The summed E-state index contributed by atoms with van der Waals surface area (Å²) in [6.07, 6.45) is -3.46. The van der Waals surface area contributed by atoms with Crippen molar-refractivity contribution in [1.29, 1.82) is 5.26 Å². The first kappa shape index (κ1) is 34.1. The molecule has 47 heavy (non-hydrogen) atoms. The van der Waals surface area contributed by atoms with Crippen molar-refractivity contribution in [2.75, 3.05) is 13.2 Å². The molecule has 0 radical (unpaired) electrons. The van der Waals surface area contributed by atoms with Gasteiger partial charge < -0.3 is 15.7 Å². The molecule has 7 nitrogen and oxygen atoms in total. The zero-order valence-electron chi connectivity index (χ0n) is 26.2. The van der Waals surface area contributed by atoms with Crippen LogP contribution >= 0.6 is 0 Å². The van der Waals surface area contributed by atoms with E-state index in [1.807, 2.05) is 30.3 Å². The summed E-state index contributed by atoms with van der Waals surface area (Å²) in [5, 5.41) is 26.5. The van der Waals surface area contributed by atoms with Gasteiger partial charge in [0.2, 0.25) is 11.8 Å². The molecule has 0 spiro atoms. The molecule has 2 aliphatic rings. The highest BCUT2D eigenvalue weighted by atomic mass is 19.4. The van der Waals surface area contributed by atoms with Crippen LogP contribution < -0.4 is 16.0 Å². The molecular formula is C36H38F4N4O3. The van der Waals surface area contributed by atoms with Crippen molar-refractivity contribution in [3.05, 3.63) is 95.6 Å². The molecule has 5 rings (SSSR count). The fraction of sp³-hybridized carbons (Fsp3) is 0.417. The summed E-state index contributed by atoms with van der Waals surface area (Å²) >= 11 is 0. The molecule has 4 N–H and O–H groups in total. The van der Waals surface area contributed by atoms with E-state index in [0.717, 1.165) is 16.7 Å². The lowest BCUT2D eigenvalue weighted by Gasteiger charge is -2.30. The van der Waals surface area contributed by atoms with Crippen LogP contribution in [0, 0.1) is 17.2 Å². The Bertz CT molecular complexity index is 1610.